The van der Waals surface area contributed by atoms with Gasteiger partial charge in [-0.3, -0.25) is 4.79 Å². The second kappa shape index (κ2) is 8.12. The quantitative estimate of drug-likeness (QED) is 0.539. The standard InChI is InChI=1S/C16H23FO3/c1-16(2,3)20-12-11-19-10-4-5-15(18)13-6-8-14(17)9-7-13/h6-9H,4-5,10-12H2,1-3H3. The van der Waals surface area contributed by atoms with E-state index in [0.717, 1.165) is 0 Å². The molecule has 0 atom stereocenters. The molecule has 0 radical (unpaired) electrons. The average Bonchev–Trinajstić information content (AvgIpc) is 2.37. The first-order valence-corrected chi connectivity index (χ1v) is 6.89. The van der Waals surface area contributed by atoms with Gasteiger partial charge >= 0.3 is 0 Å². The monoisotopic (exact) mass is 282 g/mol. The molecule has 0 aromatic heterocycles. The van der Waals surface area contributed by atoms with Crippen LogP contribution in [0.4, 0.5) is 4.39 Å². The molecule has 0 bridgehead atoms. The predicted molar refractivity (Wildman–Crippen MR) is 76.5 cm³/mol. The molecule has 20 heavy (non-hydrogen) atoms. The van der Waals surface area contributed by atoms with Crippen LogP contribution in [0.5, 0.6) is 0 Å². The van der Waals surface area contributed by atoms with Crippen LogP contribution in [-0.2, 0) is 9.47 Å². The predicted octanol–water partition coefficient (Wildman–Crippen LogP) is 3.62. The Morgan fingerprint density at radius 2 is 1.75 bits per heavy atom. The summed E-state index contributed by atoms with van der Waals surface area (Å²) in [5.74, 6) is -0.316. The van der Waals surface area contributed by atoms with E-state index in [2.05, 4.69) is 0 Å². The summed E-state index contributed by atoms with van der Waals surface area (Å²) in [4.78, 5) is 11.8. The lowest BCUT2D eigenvalue weighted by Gasteiger charge is -2.19. The van der Waals surface area contributed by atoms with Crippen LogP contribution >= 0.6 is 0 Å². The average molecular weight is 282 g/mol. The van der Waals surface area contributed by atoms with E-state index >= 15 is 0 Å². The van der Waals surface area contributed by atoms with Gasteiger partial charge in [-0.1, -0.05) is 0 Å². The molecular weight excluding hydrogens is 259 g/mol. The largest absolute Gasteiger partial charge is 0.379 e. The third-order valence-corrected chi connectivity index (χ3v) is 2.62. The number of hydrogen-bond donors (Lipinski definition) is 0. The number of ether oxygens (including phenoxy) is 2. The zero-order valence-electron chi connectivity index (χ0n) is 12.4. The maximum absolute atomic E-state index is 12.7. The third-order valence-electron chi connectivity index (χ3n) is 2.62. The van der Waals surface area contributed by atoms with E-state index in [4.69, 9.17) is 9.47 Å². The van der Waals surface area contributed by atoms with Gasteiger partial charge in [-0.05, 0) is 51.5 Å². The highest BCUT2D eigenvalue weighted by molar-refractivity contribution is 5.95. The van der Waals surface area contributed by atoms with Gasteiger partial charge in [0.2, 0.25) is 0 Å². The van der Waals surface area contributed by atoms with Crippen LogP contribution in [0, 0.1) is 5.82 Å². The minimum absolute atomic E-state index is 0.0135. The van der Waals surface area contributed by atoms with Gasteiger partial charge in [0.15, 0.2) is 5.78 Å². The summed E-state index contributed by atoms with van der Waals surface area (Å²) in [5.41, 5.74) is 0.393. The number of Topliss-reactive ketones (excluding diaryl/α,β-unsaturated/α-hetero) is 1. The fourth-order valence-corrected chi connectivity index (χ4v) is 1.62. The topological polar surface area (TPSA) is 35.5 Å². The minimum Gasteiger partial charge on any atom is -0.379 e. The van der Waals surface area contributed by atoms with Gasteiger partial charge in [0, 0.05) is 18.6 Å². The fraction of sp³-hybridized carbons (Fsp3) is 0.562. The van der Waals surface area contributed by atoms with Crippen molar-refractivity contribution in [2.75, 3.05) is 19.8 Å². The number of carbonyl (C=O) groups is 1. The van der Waals surface area contributed by atoms with Crippen molar-refractivity contribution in [3.8, 4) is 0 Å². The molecule has 0 N–H and O–H groups in total. The van der Waals surface area contributed by atoms with Crippen molar-refractivity contribution < 1.29 is 18.7 Å². The zero-order valence-corrected chi connectivity index (χ0v) is 12.4. The summed E-state index contributed by atoms with van der Waals surface area (Å²) in [6.07, 6.45) is 1.07. The van der Waals surface area contributed by atoms with Gasteiger partial charge in [-0.25, -0.2) is 4.39 Å². The molecule has 0 spiro atoms. The molecule has 4 heteroatoms. The first-order chi connectivity index (χ1) is 9.38. The second-order valence-corrected chi connectivity index (χ2v) is 5.61. The van der Waals surface area contributed by atoms with Crippen LogP contribution in [0.15, 0.2) is 24.3 Å². The highest BCUT2D eigenvalue weighted by atomic mass is 19.1. The molecule has 0 fully saturated rings. The lowest BCUT2D eigenvalue weighted by molar-refractivity contribution is -0.0350. The molecule has 0 heterocycles. The Balaban J connectivity index is 2.09. The SMILES string of the molecule is CC(C)(C)OCCOCCCC(=O)c1ccc(F)cc1. The summed E-state index contributed by atoms with van der Waals surface area (Å²) in [7, 11) is 0. The van der Waals surface area contributed by atoms with E-state index in [9.17, 15) is 9.18 Å². The Hall–Kier alpha value is -1.26. The Morgan fingerprint density at radius 1 is 1.10 bits per heavy atom. The van der Waals surface area contributed by atoms with Crippen LogP contribution in [0.25, 0.3) is 0 Å². The third kappa shape index (κ3) is 7.36. The van der Waals surface area contributed by atoms with Crippen molar-refractivity contribution in [1.82, 2.24) is 0 Å². The van der Waals surface area contributed by atoms with Gasteiger partial charge < -0.3 is 9.47 Å². The van der Waals surface area contributed by atoms with Crippen LogP contribution < -0.4 is 0 Å². The summed E-state index contributed by atoms with van der Waals surface area (Å²) < 4.78 is 23.6. The molecule has 1 rings (SSSR count). The summed E-state index contributed by atoms with van der Waals surface area (Å²) in [6.45, 7) is 7.59. The number of benzene rings is 1. The van der Waals surface area contributed by atoms with Gasteiger partial charge in [0.25, 0.3) is 0 Å². The molecule has 1 aromatic carbocycles. The van der Waals surface area contributed by atoms with Crippen molar-refractivity contribution in [3.05, 3.63) is 35.6 Å². The van der Waals surface area contributed by atoms with Gasteiger partial charge in [0.1, 0.15) is 5.82 Å². The molecule has 0 saturated heterocycles. The smallest absolute Gasteiger partial charge is 0.162 e. The van der Waals surface area contributed by atoms with E-state index in [1.165, 1.54) is 24.3 Å². The van der Waals surface area contributed by atoms with Crippen molar-refractivity contribution in [2.45, 2.75) is 39.2 Å². The lowest BCUT2D eigenvalue weighted by Crippen LogP contribution is -2.21. The Labute approximate surface area is 120 Å². The van der Waals surface area contributed by atoms with Gasteiger partial charge in [0.05, 0.1) is 18.8 Å². The molecule has 112 valence electrons. The minimum atomic E-state index is -0.330. The maximum atomic E-state index is 12.7. The summed E-state index contributed by atoms with van der Waals surface area (Å²) in [5, 5.41) is 0. The highest BCUT2D eigenvalue weighted by Crippen LogP contribution is 2.08. The summed E-state index contributed by atoms with van der Waals surface area (Å²) >= 11 is 0. The first-order valence-electron chi connectivity index (χ1n) is 6.89. The second-order valence-electron chi connectivity index (χ2n) is 5.61. The normalized spacial score (nSPS) is 11.6. The highest BCUT2D eigenvalue weighted by Gasteiger charge is 2.09. The molecule has 0 saturated carbocycles. The fourth-order valence-electron chi connectivity index (χ4n) is 1.62. The van der Waals surface area contributed by atoms with E-state index in [-0.39, 0.29) is 17.2 Å². The van der Waals surface area contributed by atoms with E-state index in [1.54, 1.807) is 0 Å². The van der Waals surface area contributed by atoms with Gasteiger partial charge in [-0.15, -0.1) is 0 Å². The zero-order chi connectivity index (χ0) is 15.0. The molecule has 1 aromatic rings. The van der Waals surface area contributed by atoms with Crippen molar-refractivity contribution in [1.29, 1.82) is 0 Å². The van der Waals surface area contributed by atoms with Gasteiger partial charge in [-0.2, -0.15) is 0 Å². The first kappa shape index (κ1) is 16.8. The molecule has 0 amide bonds. The molecular formula is C16H23FO3. The molecule has 0 aliphatic carbocycles. The molecule has 0 aliphatic rings. The molecule has 0 unspecified atom stereocenters. The Morgan fingerprint density at radius 3 is 2.35 bits per heavy atom. The maximum Gasteiger partial charge on any atom is 0.162 e. The Bertz CT molecular complexity index is 407. The van der Waals surface area contributed by atoms with E-state index in [0.29, 0.717) is 38.2 Å². The van der Waals surface area contributed by atoms with Crippen LogP contribution in [0.2, 0.25) is 0 Å². The number of hydrogen-bond acceptors (Lipinski definition) is 3. The number of carbonyl (C=O) groups excluding carboxylic acids is 1. The van der Waals surface area contributed by atoms with Crippen LogP contribution in [-0.4, -0.2) is 31.2 Å². The van der Waals surface area contributed by atoms with E-state index < -0.39 is 0 Å². The Kier molecular flexibility index (Phi) is 6.82. The number of rotatable bonds is 8. The number of ketones is 1. The lowest BCUT2D eigenvalue weighted by atomic mass is 10.1. The summed E-state index contributed by atoms with van der Waals surface area (Å²) in [6, 6.07) is 5.62. The van der Waals surface area contributed by atoms with Crippen molar-refractivity contribution in [2.24, 2.45) is 0 Å². The number of halogens is 1. The van der Waals surface area contributed by atoms with Crippen molar-refractivity contribution in [3.63, 3.8) is 0 Å². The van der Waals surface area contributed by atoms with E-state index in [1.807, 2.05) is 20.8 Å². The van der Waals surface area contributed by atoms with Crippen LogP contribution in [0.3, 0.4) is 0 Å². The van der Waals surface area contributed by atoms with Crippen LogP contribution in [0.1, 0.15) is 44.0 Å². The van der Waals surface area contributed by atoms with Crippen molar-refractivity contribution >= 4 is 5.78 Å². The molecule has 3 nitrogen and oxygen atoms in total. The molecule has 0 aliphatic heterocycles.